The minimum Gasteiger partial charge on any atom is -0.350 e. The Balaban J connectivity index is 0.00000216. The molecule has 4 heterocycles. The van der Waals surface area contributed by atoms with Gasteiger partial charge in [-0.25, -0.2) is 28.2 Å². The molecule has 1 N–H and O–H groups in total. The second-order valence-electron chi connectivity index (χ2n) is 9.04. The monoisotopic (exact) mass is 425 g/mol. The highest BCUT2D eigenvalue weighted by Gasteiger charge is 2.61. The third-order valence-corrected chi connectivity index (χ3v) is 6.75. The first-order valence-corrected chi connectivity index (χ1v) is 10.7. The van der Waals surface area contributed by atoms with Gasteiger partial charge in [0.05, 0.1) is 17.4 Å². The van der Waals surface area contributed by atoms with E-state index < -0.39 is 5.92 Å². The van der Waals surface area contributed by atoms with E-state index in [9.17, 15) is 8.78 Å². The van der Waals surface area contributed by atoms with Gasteiger partial charge in [-0.3, -0.25) is 0 Å². The molecule has 6 rings (SSSR count). The number of hydrogen-bond donors (Lipinski definition) is 1. The predicted molar refractivity (Wildman–Crippen MR) is 115 cm³/mol. The Morgan fingerprint density at radius 2 is 2.00 bits per heavy atom. The van der Waals surface area contributed by atoms with Gasteiger partial charge in [-0.05, 0) is 50.3 Å². The molecule has 0 aromatic carbocycles. The Labute approximate surface area is 179 Å². The Morgan fingerprint density at radius 3 is 2.74 bits per heavy atom. The molecule has 2 fully saturated rings. The average molecular weight is 425 g/mol. The lowest BCUT2D eigenvalue weighted by atomic mass is 9.52. The number of nitrogens with zero attached hydrogens (tertiary/aromatic N) is 6. The number of hydrogen-bond acceptors (Lipinski definition) is 5. The van der Waals surface area contributed by atoms with Crippen molar-refractivity contribution < 1.29 is 10.2 Å². The number of aromatic nitrogens is 6. The largest absolute Gasteiger partial charge is 0.350 e. The Morgan fingerprint density at radius 1 is 1.19 bits per heavy atom. The molecule has 0 radical (unpaired) electrons. The first kappa shape index (κ1) is 18.7. The molecular formula is C22H25F2N7. The van der Waals surface area contributed by atoms with Crippen molar-refractivity contribution in [3.8, 4) is 11.3 Å². The molecule has 31 heavy (non-hydrogen) atoms. The fourth-order valence-electron chi connectivity index (χ4n) is 5.43. The van der Waals surface area contributed by atoms with Crippen molar-refractivity contribution >= 4 is 22.6 Å². The van der Waals surface area contributed by atoms with E-state index in [2.05, 4.69) is 31.9 Å². The van der Waals surface area contributed by atoms with Crippen LogP contribution in [0.5, 0.6) is 0 Å². The van der Waals surface area contributed by atoms with Crippen LogP contribution in [0, 0.1) is 12.3 Å². The highest BCUT2D eigenvalue weighted by molar-refractivity contribution is 5.82. The summed E-state index contributed by atoms with van der Waals surface area (Å²) in [4.78, 5) is 13.9. The average Bonchev–Trinajstić information content (AvgIpc) is 3.24. The number of halogens is 2. The number of anilines is 1. The summed E-state index contributed by atoms with van der Waals surface area (Å²) in [6.07, 6.45) is 5.23. The van der Waals surface area contributed by atoms with Gasteiger partial charge >= 0.3 is 0 Å². The summed E-state index contributed by atoms with van der Waals surface area (Å²) in [6, 6.07) is 6.10. The molecule has 0 atom stereocenters. The summed E-state index contributed by atoms with van der Waals surface area (Å²) < 4.78 is 30.3. The third kappa shape index (κ3) is 2.90. The molecule has 1 spiro atoms. The van der Waals surface area contributed by atoms with Gasteiger partial charge < -0.3 is 9.88 Å². The molecule has 7 nitrogen and oxygen atoms in total. The van der Waals surface area contributed by atoms with Gasteiger partial charge in [0.1, 0.15) is 11.3 Å². The van der Waals surface area contributed by atoms with Crippen LogP contribution in [0.1, 0.15) is 39.9 Å². The fourth-order valence-corrected chi connectivity index (χ4v) is 5.43. The molecule has 9 heteroatoms. The molecule has 0 unspecified atom stereocenters. The lowest BCUT2D eigenvalue weighted by Crippen LogP contribution is -2.57. The predicted octanol–water partition coefficient (Wildman–Crippen LogP) is 4.71. The van der Waals surface area contributed by atoms with Crippen molar-refractivity contribution in [3.05, 3.63) is 36.4 Å². The van der Waals surface area contributed by atoms with Crippen molar-refractivity contribution in [1.29, 1.82) is 0 Å². The smallest absolute Gasteiger partial charge is 0.249 e. The van der Waals surface area contributed by atoms with Crippen LogP contribution in [0.2, 0.25) is 0 Å². The van der Waals surface area contributed by atoms with Crippen LogP contribution in [-0.4, -0.2) is 41.1 Å². The lowest BCUT2D eigenvalue weighted by molar-refractivity contribution is -0.193. The van der Waals surface area contributed by atoms with Crippen LogP contribution in [-0.2, 0) is 6.54 Å². The van der Waals surface area contributed by atoms with Gasteiger partial charge in [-0.2, -0.15) is 0 Å². The molecule has 4 aromatic rings. The zero-order chi connectivity index (χ0) is 21.4. The van der Waals surface area contributed by atoms with Crippen LogP contribution in [0.3, 0.4) is 0 Å². The van der Waals surface area contributed by atoms with Crippen molar-refractivity contribution in [3.63, 3.8) is 0 Å². The summed E-state index contributed by atoms with van der Waals surface area (Å²) in [6.45, 7) is 4.88. The second-order valence-corrected chi connectivity index (χ2v) is 9.04. The topological polar surface area (TPSA) is 72.9 Å². The van der Waals surface area contributed by atoms with E-state index in [4.69, 9.17) is 4.98 Å². The molecule has 2 aliphatic rings. The molecule has 0 amide bonds. The van der Waals surface area contributed by atoms with Gasteiger partial charge in [-0.1, -0.05) is 0 Å². The zero-order valence-electron chi connectivity index (χ0n) is 17.4. The van der Waals surface area contributed by atoms with Crippen LogP contribution in [0.25, 0.3) is 27.9 Å². The molecule has 4 aromatic heterocycles. The minimum absolute atomic E-state index is 0. The van der Waals surface area contributed by atoms with Gasteiger partial charge in [0.15, 0.2) is 5.65 Å². The van der Waals surface area contributed by atoms with E-state index in [1.165, 1.54) is 0 Å². The fraction of sp³-hybridized carbons (Fsp3) is 0.455. The standard InChI is InChI=1S/C22H23F2N7.H2/c1-3-30-13(2)26-17-5-4-16(28-19(17)30)15-6-7-31-18(15)10-25-20(29-31)27-14-8-21(9-14)11-22(23,24)12-21;/h4-7,10,14H,3,8-9,11-12H2,1-2H3,(H,27,29);1H. The maximum absolute atomic E-state index is 13.2. The van der Waals surface area contributed by atoms with Crippen LogP contribution in [0.4, 0.5) is 14.7 Å². The number of fused-ring (bicyclic) bond motifs is 2. The second kappa shape index (κ2) is 6.21. The lowest BCUT2D eigenvalue weighted by Gasteiger charge is -2.57. The summed E-state index contributed by atoms with van der Waals surface area (Å²) in [5, 5.41) is 7.86. The third-order valence-electron chi connectivity index (χ3n) is 6.75. The number of alkyl halides is 2. The number of nitrogens with one attached hydrogen (secondary N) is 1. The number of pyridine rings is 1. The molecule has 0 aliphatic heterocycles. The molecule has 0 saturated heterocycles. The first-order valence-electron chi connectivity index (χ1n) is 10.7. The van der Waals surface area contributed by atoms with Crippen LogP contribution >= 0.6 is 0 Å². The summed E-state index contributed by atoms with van der Waals surface area (Å²) in [5.41, 5.74) is 4.25. The van der Waals surface area contributed by atoms with Gasteiger partial charge in [0.2, 0.25) is 11.9 Å². The first-order chi connectivity index (χ1) is 14.8. The Bertz CT molecular complexity index is 1310. The maximum Gasteiger partial charge on any atom is 0.249 e. The molecule has 0 bridgehead atoms. The highest BCUT2D eigenvalue weighted by atomic mass is 19.3. The van der Waals surface area contributed by atoms with E-state index in [1.54, 1.807) is 10.7 Å². The van der Waals surface area contributed by atoms with E-state index in [0.29, 0.717) is 5.95 Å². The molecule has 2 aliphatic carbocycles. The summed E-state index contributed by atoms with van der Waals surface area (Å²) >= 11 is 0. The van der Waals surface area contributed by atoms with Crippen LogP contribution in [0.15, 0.2) is 30.6 Å². The van der Waals surface area contributed by atoms with Gasteiger partial charge in [-0.15, -0.1) is 5.10 Å². The van der Waals surface area contributed by atoms with Crippen LogP contribution < -0.4 is 5.32 Å². The highest BCUT2D eigenvalue weighted by Crippen LogP contribution is 2.62. The van der Waals surface area contributed by atoms with E-state index in [0.717, 1.165) is 53.1 Å². The van der Waals surface area contributed by atoms with Crippen molar-refractivity contribution in [1.82, 2.24) is 29.1 Å². The molecule has 162 valence electrons. The normalized spacial score (nSPS) is 19.6. The number of imidazole rings is 1. The van der Waals surface area contributed by atoms with E-state index in [-0.39, 0.29) is 25.7 Å². The zero-order valence-corrected chi connectivity index (χ0v) is 17.4. The van der Waals surface area contributed by atoms with Gasteiger partial charge in [0.25, 0.3) is 0 Å². The van der Waals surface area contributed by atoms with E-state index in [1.807, 2.05) is 31.3 Å². The van der Waals surface area contributed by atoms with Gasteiger partial charge in [0, 0.05) is 38.6 Å². The van der Waals surface area contributed by atoms with Crippen molar-refractivity contribution in [2.24, 2.45) is 5.41 Å². The number of rotatable bonds is 4. The van der Waals surface area contributed by atoms with E-state index >= 15 is 0 Å². The van der Waals surface area contributed by atoms with Crippen molar-refractivity contribution in [2.75, 3.05) is 5.32 Å². The maximum atomic E-state index is 13.2. The summed E-state index contributed by atoms with van der Waals surface area (Å²) in [7, 11) is 0. The Kier molecular flexibility index (Phi) is 3.74. The quantitative estimate of drug-likeness (QED) is 0.513. The molecular weight excluding hydrogens is 400 g/mol. The van der Waals surface area contributed by atoms with Crippen molar-refractivity contribution in [2.45, 2.75) is 58.0 Å². The SMILES string of the molecule is CCn1c(C)nc2ccc(-c3ccn4nc(NC5CC6(C5)CC(F)(F)C6)ncc34)nc21.[HH]. The summed E-state index contributed by atoms with van der Waals surface area (Å²) in [5.74, 6) is -0.998. The number of aryl methyl sites for hydroxylation is 2. The Hall–Kier alpha value is -3.10. The minimum atomic E-state index is -2.47. The molecule has 2 saturated carbocycles.